The normalized spacial score (nSPS) is 11.8. The Kier molecular flexibility index (Phi) is 9.34. The van der Waals surface area contributed by atoms with E-state index in [0.717, 1.165) is 17.1 Å². The lowest BCUT2D eigenvalue weighted by molar-refractivity contribution is -0.147. The van der Waals surface area contributed by atoms with Gasteiger partial charge in [0.05, 0.1) is 22.8 Å². The van der Waals surface area contributed by atoms with Crippen molar-refractivity contribution in [3.05, 3.63) is 98.6 Å². The Hall–Kier alpha value is -4.02. The quantitative estimate of drug-likeness (QED) is 0.124. The average Bonchev–Trinajstić information content (AvgIpc) is 3.55. The Labute approximate surface area is 244 Å². The van der Waals surface area contributed by atoms with Crippen molar-refractivity contribution >= 4 is 45.6 Å². The molecule has 0 radical (unpaired) electrons. The number of hydrogen-bond donors (Lipinski definition) is 1. The Morgan fingerprint density at radius 2 is 1.80 bits per heavy atom. The number of benzene rings is 2. The number of amides is 1. The van der Waals surface area contributed by atoms with Crippen molar-refractivity contribution < 1.29 is 28.2 Å². The van der Waals surface area contributed by atoms with Crippen LogP contribution in [0.4, 0.5) is 0 Å². The first-order chi connectivity index (χ1) is 19.2. The second-order valence-electron chi connectivity index (χ2n) is 8.80. The van der Waals surface area contributed by atoms with Gasteiger partial charge in [-0.2, -0.15) is 5.10 Å². The largest absolute Gasteiger partial charge is 0.486 e. The van der Waals surface area contributed by atoms with Gasteiger partial charge in [-0.1, -0.05) is 11.6 Å². The first kappa shape index (κ1) is 29.0. The number of furan rings is 1. The summed E-state index contributed by atoms with van der Waals surface area (Å²) in [5.74, 6) is 0.484. The van der Waals surface area contributed by atoms with Crippen LogP contribution in [0.25, 0.3) is 5.69 Å². The molecule has 0 unspecified atom stereocenters. The third-order valence-electron chi connectivity index (χ3n) is 5.86. The number of ether oxygens (including phenoxy) is 3. The lowest BCUT2D eigenvalue weighted by atomic mass is 10.2. The number of hydrogen-bond acceptors (Lipinski definition) is 7. The molecule has 2 heterocycles. The van der Waals surface area contributed by atoms with E-state index in [9.17, 15) is 9.59 Å². The van der Waals surface area contributed by atoms with Gasteiger partial charge in [0, 0.05) is 17.1 Å². The summed E-state index contributed by atoms with van der Waals surface area (Å²) in [5, 5.41) is 4.21. The maximum absolute atomic E-state index is 12.5. The number of carbonyl (C=O) groups is 2. The van der Waals surface area contributed by atoms with Crippen LogP contribution in [0.3, 0.4) is 0 Å². The van der Waals surface area contributed by atoms with Gasteiger partial charge in [0.1, 0.15) is 18.1 Å². The smallest absolute Gasteiger partial charge is 0.346 e. The number of rotatable bonds is 10. The van der Waals surface area contributed by atoms with E-state index in [-0.39, 0.29) is 23.1 Å². The summed E-state index contributed by atoms with van der Waals surface area (Å²) in [7, 11) is 1.27. The first-order valence-corrected chi connectivity index (χ1v) is 13.4. The van der Waals surface area contributed by atoms with Crippen molar-refractivity contribution in [2.24, 2.45) is 5.10 Å². The topological polar surface area (TPSA) is 104 Å². The minimum Gasteiger partial charge on any atom is -0.486 e. The monoisotopic (exact) mass is 627 g/mol. The van der Waals surface area contributed by atoms with E-state index >= 15 is 0 Å². The molecule has 1 atom stereocenters. The molecule has 0 aliphatic rings. The summed E-state index contributed by atoms with van der Waals surface area (Å²) in [4.78, 5) is 24.1. The SMILES string of the molecule is COC(=O)[C@@H](C)Oc1c(Cl)cc(/C=N/NC(=O)c2ccc(COc3ccc(-n4c(C)ccc4C)cc3)o2)cc1Br. The van der Waals surface area contributed by atoms with Crippen LogP contribution >= 0.6 is 27.5 Å². The number of methoxy groups -OCH3 is 1. The highest BCUT2D eigenvalue weighted by Gasteiger charge is 2.19. The van der Waals surface area contributed by atoms with Crippen LogP contribution in [0.1, 0.15) is 40.2 Å². The summed E-state index contributed by atoms with van der Waals surface area (Å²) in [5.41, 5.74) is 6.36. The van der Waals surface area contributed by atoms with Crippen molar-refractivity contribution in [2.45, 2.75) is 33.5 Å². The van der Waals surface area contributed by atoms with Crippen LogP contribution in [-0.4, -0.2) is 35.9 Å². The number of hydrazone groups is 1. The summed E-state index contributed by atoms with van der Waals surface area (Å²) < 4.78 is 24.3. The van der Waals surface area contributed by atoms with E-state index in [4.69, 9.17) is 25.5 Å². The molecule has 1 amide bonds. The summed E-state index contributed by atoms with van der Waals surface area (Å²) >= 11 is 9.67. The fourth-order valence-corrected chi connectivity index (χ4v) is 4.83. The van der Waals surface area contributed by atoms with Gasteiger partial charge >= 0.3 is 11.9 Å². The molecule has 4 rings (SSSR count). The van der Waals surface area contributed by atoms with Gasteiger partial charge in [-0.15, -0.1) is 0 Å². The predicted octanol–water partition coefficient (Wildman–Crippen LogP) is 6.39. The van der Waals surface area contributed by atoms with Gasteiger partial charge in [0.15, 0.2) is 17.6 Å². The lowest BCUT2D eigenvalue weighted by Gasteiger charge is -2.15. The van der Waals surface area contributed by atoms with Crippen LogP contribution in [0.5, 0.6) is 11.5 Å². The van der Waals surface area contributed by atoms with Crippen molar-refractivity contribution in [3.63, 3.8) is 0 Å². The highest BCUT2D eigenvalue weighted by molar-refractivity contribution is 9.10. The molecule has 0 bridgehead atoms. The zero-order valence-electron chi connectivity index (χ0n) is 22.2. The van der Waals surface area contributed by atoms with Crippen LogP contribution in [-0.2, 0) is 16.1 Å². The average molecular weight is 629 g/mol. The predicted molar refractivity (Wildman–Crippen MR) is 155 cm³/mol. The van der Waals surface area contributed by atoms with Gasteiger partial charge in [-0.25, -0.2) is 10.2 Å². The molecule has 0 aliphatic carbocycles. The Bertz CT molecular complexity index is 1500. The van der Waals surface area contributed by atoms with Crippen molar-refractivity contribution in [1.82, 2.24) is 9.99 Å². The Morgan fingerprint density at radius 1 is 1.10 bits per heavy atom. The van der Waals surface area contributed by atoms with E-state index in [2.05, 4.69) is 61.7 Å². The third kappa shape index (κ3) is 6.94. The second-order valence-corrected chi connectivity index (χ2v) is 10.1. The zero-order chi connectivity index (χ0) is 28.8. The van der Waals surface area contributed by atoms with Crippen LogP contribution in [0, 0.1) is 13.8 Å². The summed E-state index contributed by atoms with van der Waals surface area (Å²) in [6, 6.07) is 18.4. The molecule has 2 aromatic heterocycles. The fourth-order valence-electron chi connectivity index (χ4n) is 3.88. The van der Waals surface area contributed by atoms with Gasteiger partial charge in [-0.3, -0.25) is 4.79 Å². The van der Waals surface area contributed by atoms with Gasteiger partial charge in [0.25, 0.3) is 0 Å². The number of nitrogens with one attached hydrogen (secondary N) is 1. The molecule has 0 aliphatic heterocycles. The fraction of sp³-hybridized carbons (Fsp3) is 0.207. The summed E-state index contributed by atoms with van der Waals surface area (Å²) in [6.45, 7) is 5.83. The van der Waals surface area contributed by atoms with Crippen LogP contribution in [0.15, 0.2) is 74.7 Å². The molecule has 1 N–H and O–H groups in total. The molecule has 0 spiro atoms. The number of aryl methyl sites for hydroxylation is 2. The zero-order valence-corrected chi connectivity index (χ0v) is 24.6. The number of nitrogens with zero attached hydrogens (tertiary/aromatic N) is 2. The Balaban J connectivity index is 1.30. The van der Waals surface area contributed by atoms with Gasteiger partial charge in [0.2, 0.25) is 0 Å². The molecule has 4 aromatic rings. The minimum absolute atomic E-state index is 0.0874. The summed E-state index contributed by atoms with van der Waals surface area (Å²) in [6.07, 6.45) is 0.570. The minimum atomic E-state index is -0.842. The number of carbonyl (C=O) groups excluding carboxylic acids is 2. The number of esters is 1. The molecule has 0 saturated carbocycles. The van der Waals surface area contributed by atoms with Crippen molar-refractivity contribution in [1.29, 1.82) is 0 Å². The van der Waals surface area contributed by atoms with Crippen molar-refractivity contribution in [2.75, 3.05) is 7.11 Å². The second kappa shape index (κ2) is 12.9. The Morgan fingerprint density at radius 3 is 2.45 bits per heavy atom. The number of halogens is 2. The highest BCUT2D eigenvalue weighted by Crippen LogP contribution is 2.35. The first-order valence-electron chi connectivity index (χ1n) is 12.2. The van der Waals surface area contributed by atoms with E-state index < -0.39 is 18.0 Å². The maximum atomic E-state index is 12.5. The molecule has 9 nitrogen and oxygen atoms in total. The molecule has 0 saturated heterocycles. The third-order valence-corrected chi connectivity index (χ3v) is 6.73. The van der Waals surface area contributed by atoms with Gasteiger partial charge < -0.3 is 23.2 Å². The van der Waals surface area contributed by atoms with E-state index in [1.165, 1.54) is 13.3 Å². The van der Waals surface area contributed by atoms with Gasteiger partial charge in [-0.05, 0) is 103 Å². The standard InChI is InChI=1S/C29H27BrClN3O6/c1-17-5-6-18(2)34(17)21-7-9-22(10-8-21)38-16-23-11-12-26(40-23)28(35)33-32-15-20-13-24(30)27(25(31)14-20)39-19(3)29(36)37-4/h5-15,19H,16H2,1-4H3,(H,33,35)/b32-15+/t19-/m1/s1. The molecule has 11 heteroatoms. The molecule has 208 valence electrons. The van der Waals surface area contributed by atoms with Crippen molar-refractivity contribution in [3.8, 4) is 17.2 Å². The molecular weight excluding hydrogens is 602 g/mol. The van der Waals surface area contributed by atoms with E-state index in [0.29, 0.717) is 21.5 Å². The molecule has 40 heavy (non-hydrogen) atoms. The number of aromatic nitrogens is 1. The molecule has 0 fully saturated rings. The highest BCUT2D eigenvalue weighted by atomic mass is 79.9. The maximum Gasteiger partial charge on any atom is 0.346 e. The van der Waals surface area contributed by atoms with Crippen LogP contribution in [0.2, 0.25) is 5.02 Å². The molecular formula is C29H27BrClN3O6. The van der Waals surface area contributed by atoms with E-state index in [1.54, 1.807) is 31.2 Å². The lowest BCUT2D eigenvalue weighted by Crippen LogP contribution is -2.25. The van der Waals surface area contributed by atoms with E-state index in [1.807, 2.05) is 24.3 Å². The van der Waals surface area contributed by atoms with Crippen LogP contribution < -0.4 is 14.9 Å². The molecule has 2 aromatic carbocycles.